The zero-order chi connectivity index (χ0) is 28.7. The van der Waals surface area contributed by atoms with Gasteiger partial charge in [0.2, 0.25) is 0 Å². The van der Waals surface area contributed by atoms with Crippen LogP contribution in [0.4, 0.5) is 24.5 Å². The Kier molecular flexibility index (Phi) is 8.86. The lowest BCUT2D eigenvalue weighted by atomic mass is 9.97. The van der Waals surface area contributed by atoms with Gasteiger partial charge in [-0.1, -0.05) is 30.3 Å². The number of nitrogens with zero attached hydrogens (tertiary/aromatic N) is 2. The minimum absolute atomic E-state index is 0.132. The summed E-state index contributed by atoms with van der Waals surface area (Å²) in [5, 5.41) is 15.4. The molecule has 0 heterocycles. The summed E-state index contributed by atoms with van der Waals surface area (Å²) in [6, 6.07) is 22.3. The number of aliphatic imine (C=N–C) groups is 1. The first-order chi connectivity index (χ1) is 19.2. The maximum absolute atomic E-state index is 13.2. The second-order valence-corrected chi connectivity index (χ2v) is 9.39. The van der Waals surface area contributed by atoms with Gasteiger partial charge in [0.05, 0.1) is 30.5 Å². The van der Waals surface area contributed by atoms with Crippen LogP contribution in [-0.4, -0.2) is 31.4 Å². The van der Waals surface area contributed by atoms with Gasteiger partial charge in [0.15, 0.2) is 0 Å². The third-order valence-corrected chi connectivity index (χ3v) is 6.31. The molecule has 7 nitrogen and oxygen atoms in total. The number of benzene rings is 3. The fourth-order valence-electron chi connectivity index (χ4n) is 3.98. The van der Waals surface area contributed by atoms with E-state index in [2.05, 4.69) is 15.6 Å². The van der Waals surface area contributed by atoms with E-state index in [4.69, 9.17) is 15.7 Å². The molecule has 206 valence electrons. The van der Waals surface area contributed by atoms with E-state index >= 15 is 0 Å². The van der Waals surface area contributed by atoms with Crippen molar-refractivity contribution in [2.45, 2.75) is 25.1 Å². The monoisotopic (exact) mass is 547 g/mol. The summed E-state index contributed by atoms with van der Waals surface area (Å²) in [5.41, 5.74) is 5.76. The number of allylic oxidation sites excluding steroid dienone is 1. The highest BCUT2D eigenvalue weighted by atomic mass is 19.4. The Bertz CT molecular complexity index is 1460. The van der Waals surface area contributed by atoms with E-state index in [1.165, 1.54) is 37.1 Å². The zero-order valence-corrected chi connectivity index (χ0v) is 21.7. The number of methoxy groups -OCH3 is 1. The number of anilines is 1. The Morgan fingerprint density at radius 3 is 2.50 bits per heavy atom. The van der Waals surface area contributed by atoms with Gasteiger partial charge in [0.1, 0.15) is 17.2 Å². The van der Waals surface area contributed by atoms with Crippen molar-refractivity contribution in [3.63, 3.8) is 0 Å². The number of hydrogen-bond acceptors (Lipinski definition) is 6. The highest BCUT2D eigenvalue weighted by molar-refractivity contribution is 6.47. The quantitative estimate of drug-likeness (QED) is 0.279. The average Bonchev–Trinajstić information content (AvgIpc) is 3.77. The Morgan fingerprint density at radius 1 is 1.12 bits per heavy atom. The van der Waals surface area contributed by atoms with Crippen molar-refractivity contribution >= 4 is 23.0 Å². The number of rotatable bonds is 10. The van der Waals surface area contributed by atoms with E-state index in [0.29, 0.717) is 17.7 Å². The van der Waals surface area contributed by atoms with Crippen molar-refractivity contribution in [3.8, 4) is 11.8 Å². The third kappa shape index (κ3) is 7.71. The molecule has 3 aromatic carbocycles. The molecule has 10 heteroatoms. The van der Waals surface area contributed by atoms with Crippen LogP contribution in [0.25, 0.3) is 0 Å². The van der Waals surface area contributed by atoms with Crippen LogP contribution in [0.1, 0.15) is 35.6 Å². The number of nitrogens with two attached hydrogens (primary N) is 1. The molecular formula is C30H28F3N5O2. The fraction of sp³-hybridized carbons (Fsp3) is 0.233. The number of ether oxygens (including phenoxy) is 1. The number of nitrogens with one attached hydrogen (secondary N) is 2. The number of carbonyl (C=O) groups is 1. The van der Waals surface area contributed by atoms with Crippen molar-refractivity contribution in [2.75, 3.05) is 19.0 Å². The molecule has 1 atom stereocenters. The lowest BCUT2D eigenvalue weighted by molar-refractivity contribution is -0.110. The summed E-state index contributed by atoms with van der Waals surface area (Å²) in [7, 11) is 1.60. The zero-order valence-electron chi connectivity index (χ0n) is 21.7. The van der Waals surface area contributed by atoms with Crippen molar-refractivity contribution in [1.82, 2.24) is 5.32 Å². The fourth-order valence-corrected chi connectivity index (χ4v) is 3.98. The van der Waals surface area contributed by atoms with Gasteiger partial charge >= 0.3 is 6.18 Å². The smallest absolute Gasteiger partial charge is 0.430 e. The number of alkyl halides is 3. The maximum Gasteiger partial charge on any atom is 0.430 e. The van der Waals surface area contributed by atoms with Crippen LogP contribution in [0.2, 0.25) is 0 Å². The second-order valence-electron chi connectivity index (χ2n) is 9.39. The van der Waals surface area contributed by atoms with Gasteiger partial charge in [-0.3, -0.25) is 4.79 Å². The lowest BCUT2D eigenvalue weighted by Gasteiger charge is -2.21. The molecular weight excluding hydrogens is 519 g/mol. The molecule has 0 bridgehead atoms. The molecule has 4 rings (SSSR count). The number of nitriles is 1. The van der Waals surface area contributed by atoms with Gasteiger partial charge in [-0.2, -0.15) is 18.4 Å². The van der Waals surface area contributed by atoms with Crippen LogP contribution in [0.3, 0.4) is 0 Å². The first-order valence-electron chi connectivity index (χ1n) is 12.6. The molecule has 1 fully saturated rings. The van der Waals surface area contributed by atoms with Gasteiger partial charge < -0.3 is 21.1 Å². The number of halogens is 3. The maximum atomic E-state index is 13.2. The molecule has 4 N–H and O–H groups in total. The van der Waals surface area contributed by atoms with Crippen molar-refractivity contribution in [1.29, 1.82) is 5.26 Å². The van der Waals surface area contributed by atoms with Gasteiger partial charge in [-0.05, 0) is 85.0 Å². The minimum Gasteiger partial charge on any atom is -0.497 e. The molecule has 1 unspecified atom stereocenters. The van der Waals surface area contributed by atoms with Crippen LogP contribution >= 0.6 is 0 Å². The summed E-state index contributed by atoms with van der Waals surface area (Å²) in [5.74, 6) is 0.454. The molecule has 1 amide bonds. The molecule has 0 radical (unpaired) electrons. The van der Waals surface area contributed by atoms with Gasteiger partial charge in [-0.15, -0.1) is 0 Å². The first kappa shape index (κ1) is 28.4. The molecule has 0 spiro atoms. The molecule has 3 aromatic rings. The predicted octanol–water partition coefficient (Wildman–Crippen LogP) is 5.77. The molecule has 1 aliphatic rings. The molecule has 40 heavy (non-hydrogen) atoms. The number of carbonyl (C=O) groups excluding carboxylic acids is 1. The molecule has 0 aromatic heterocycles. The third-order valence-electron chi connectivity index (χ3n) is 6.31. The topological polar surface area (TPSA) is 113 Å². The van der Waals surface area contributed by atoms with Crippen LogP contribution < -0.4 is 21.1 Å². The summed E-state index contributed by atoms with van der Waals surface area (Å²) in [6.45, 7) is 0.827. The highest BCUT2D eigenvalue weighted by Crippen LogP contribution is 2.31. The largest absolute Gasteiger partial charge is 0.497 e. The Morgan fingerprint density at radius 2 is 1.85 bits per heavy atom. The Hall–Kier alpha value is -4.62. The summed E-state index contributed by atoms with van der Waals surface area (Å²) >= 11 is 0. The van der Waals surface area contributed by atoms with Gasteiger partial charge in [0, 0.05) is 5.69 Å². The highest BCUT2D eigenvalue weighted by Gasteiger charge is 2.32. The number of hydrogen-bond donors (Lipinski definition) is 3. The van der Waals surface area contributed by atoms with Crippen LogP contribution in [-0.2, 0) is 4.79 Å². The SMILES string of the molecule is COc1ccc(C(NCC2CC2)c2cccc(NC(=O)C(C=C(N)C(F)(F)F)=Nc3cccc(C#N)c3)c2)cc1. The van der Waals surface area contributed by atoms with Crippen molar-refractivity contribution in [2.24, 2.45) is 16.6 Å². The van der Waals surface area contributed by atoms with E-state index in [1.54, 1.807) is 25.3 Å². The van der Waals surface area contributed by atoms with Crippen LogP contribution in [0, 0.1) is 17.2 Å². The van der Waals surface area contributed by atoms with Gasteiger partial charge in [-0.25, -0.2) is 4.99 Å². The molecule has 0 aliphatic heterocycles. The summed E-state index contributed by atoms with van der Waals surface area (Å²) in [6.07, 6.45) is -2.03. The second kappa shape index (κ2) is 12.5. The Labute approximate surface area is 230 Å². The first-order valence-corrected chi connectivity index (χ1v) is 12.6. The van der Waals surface area contributed by atoms with Crippen LogP contribution in [0.5, 0.6) is 5.75 Å². The normalized spacial score (nSPS) is 14.8. The minimum atomic E-state index is -4.85. The Balaban J connectivity index is 1.63. The molecule has 1 aliphatic carbocycles. The molecule has 0 saturated heterocycles. The van der Waals surface area contributed by atoms with Crippen molar-refractivity contribution < 1.29 is 22.7 Å². The van der Waals surface area contributed by atoms with E-state index < -0.39 is 23.5 Å². The van der Waals surface area contributed by atoms with E-state index in [9.17, 15) is 18.0 Å². The van der Waals surface area contributed by atoms with E-state index in [-0.39, 0.29) is 17.3 Å². The standard InChI is InChI=1S/C30H28F3N5O2/c1-40-25-12-10-21(11-13-25)28(36-18-19-8-9-19)22-5-3-7-24(15-22)38-29(39)26(16-27(35)30(31,32)33)37-23-6-2-4-20(14-23)17-34/h2-7,10-16,19,28,36H,8-9,18,35H2,1H3,(H,38,39). The summed E-state index contributed by atoms with van der Waals surface area (Å²) in [4.78, 5) is 17.2. The van der Waals surface area contributed by atoms with Crippen LogP contribution in [0.15, 0.2) is 89.6 Å². The lowest BCUT2D eigenvalue weighted by Crippen LogP contribution is -2.27. The average molecular weight is 548 g/mol. The molecule has 1 saturated carbocycles. The predicted molar refractivity (Wildman–Crippen MR) is 147 cm³/mol. The van der Waals surface area contributed by atoms with E-state index in [1.807, 2.05) is 36.4 Å². The van der Waals surface area contributed by atoms with E-state index in [0.717, 1.165) is 23.4 Å². The van der Waals surface area contributed by atoms with Gasteiger partial charge in [0.25, 0.3) is 5.91 Å². The number of amides is 1. The van der Waals surface area contributed by atoms with Crippen molar-refractivity contribution in [3.05, 3.63) is 101 Å². The summed E-state index contributed by atoms with van der Waals surface area (Å²) < 4.78 is 44.9.